The average molecular weight is 330 g/mol. The maximum Gasteiger partial charge on any atom is 0.329 e. The van der Waals surface area contributed by atoms with Crippen molar-refractivity contribution < 1.29 is 0 Å². The normalized spacial score (nSPS) is 13.2. The summed E-state index contributed by atoms with van der Waals surface area (Å²) in [6, 6.07) is 28.4. The summed E-state index contributed by atoms with van der Waals surface area (Å²) in [6.07, 6.45) is 3.89. The number of nitrogens with zero attached hydrogens (tertiary/aromatic N) is 2. The Bertz CT molecular complexity index is 984. The molecule has 0 saturated carbocycles. The van der Waals surface area contributed by atoms with Crippen LogP contribution in [0, 0.1) is 0 Å². The molecule has 26 heavy (non-hydrogen) atoms. The van der Waals surface area contributed by atoms with E-state index in [-0.39, 0.29) is 6.85 Å². The third kappa shape index (κ3) is 1.70. The van der Waals surface area contributed by atoms with Crippen LogP contribution in [-0.2, 0) is 0 Å². The highest BCUT2D eigenvalue weighted by atomic mass is 15.1. The second-order valence-corrected chi connectivity index (χ2v) is 6.86. The van der Waals surface area contributed by atoms with Gasteiger partial charge in [-0.05, 0) is 34.2 Å². The van der Waals surface area contributed by atoms with E-state index in [1.54, 1.807) is 0 Å². The molecule has 0 aliphatic carbocycles. The highest BCUT2D eigenvalue weighted by Crippen LogP contribution is 2.44. The van der Waals surface area contributed by atoms with Gasteiger partial charge in [0.2, 0.25) is 0 Å². The molecule has 1 aromatic heterocycles. The molecule has 4 aromatic rings. The second-order valence-electron chi connectivity index (χ2n) is 6.86. The van der Waals surface area contributed by atoms with E-state index in [9.17, 15) is 0 Å². The van der Waals surface area contributed by atoms with E-state index in [4.69, 9.17) is 0 Å². The molecule has 0 atom stereocenters. The van der Waals surface area contributed by atoms with Crippen LogP contribution >= 0.6 is 0 Å². The van der Waals surface area contributed by atoms with Gasteiger partial charge in [0.15, 0.2) is 0 Å². The SMILES string of the molecule is c1ccc2c(c1)B1c3ccccc3-c3cnccc3N1c1ccccc1-2. The highest BCUT2D eigenvalue weighted by Gasteiger charge is 2.41. The Morgan fingerprint density at radius 2 is 1.15 bits per heavy atom. The number of para-hydroxylation sites is 1. The number of fused-ring (bicyclic) bond motifs is 11. The standard InChI is InChI=1S/C23H15BN2/c1-4-10-20-16(7-1)18-9-3-6-12-22(18)26-23-13-14-25-15-19(23)17-8-2-5-11-21(17)24(20)26/h1-15H. The minimum atomic E-state index is 0.187. The lowest BCUT2D eigenvalue weighted by atomic mass is 9.43. The van der Waals surface area contributed by atoms with Gasteiger partial charge in [0.05, 0.1) is 0 Å². The van der Waals surface area contributed by atoms with Crippen LogP contribution in [-0.4, -0.2) is 11.8 Å². The molecule has 120 valence electrons. The fraction of sp³-hybridized carbons (Fsp3) is 0. The van der Waals surface area contributed by atoms with E-state index in [0.29, 0.717) is 0 Å². The quantitative estimate of drug-likeness (QED) is 0.453. The Balaban J connectivity index is 1.77. The molecule has 6 rings (SSSR count). The van der Waals surface area contributed by atoms with Gasteiger partial charge in [-0.15, -0.1) is 0 Å². The van der Waals surface area contributed by atoms with Crippen molar-refractivity contribution in [3.05, 3.63) is 91.3 Å². The zero-order valence-corrected chi connectivity index (χ0v) is 14.1. The fourth-order valence-corrected chi connectivity index (χ4v) is 4.53. The topological polar surface area (TPSA) is 16.1 Å². The number of aromatic nitrogens is 1. The van der Waals surface area contributed by atoms with Crippen LogP contribution in [0.1, 0.15) is 0 Å². The summed E-state index contributed by atoms with van der Waals surface area (Å²) in [7, 11) is 0. The predicted octanol–water partition coefficient (Wildman–Crippen LogP) is 3.99. The van der Waals surface area contributed by atoms with Crippen LogP contribution in [0.4, 0.5) is 11.4 Å². The Morgan fingerprint density at radius 3 is 1.92 bits per heavy atom. The van der Waals surface area contributed by atoms with Gasteiger partial charge in [-0.25, -0.2) is 0 Å². The summed E-state index contributed by atoms with van der Waals surface area (Å²) in [6.45, 7) is 0.187. The van der Waals surface area contributed by atoms with Gasteiger partial charge < -0.3 is 4.81 Å². The van der Waals surface area contributed by atoms with Gasteiger partial charge in [-0.2, -0.15) is 0 Å². The third-order valence-corrected chi connectivity index (χ3v) is 5.57. The average Bonchev–Trinajstić information content (AvgIpc) is 2.73. The lowest BCUT2D eigenvalue weighted by Gasteiger charge is -2.43. The molecule has 0 radical (unpaired) electrons. The van der Waals surface area contributed by atoms with Crippen LogP contribution < -0.4 is 15.7 Å². The Kier molecular flexibility index (Phi) is 2.72. The minimum absolute atomic E-state index is 0.187. The van der Waals surface area contributed by atoms with Crippen molar-refractivity contribution in [1.82, 2.24) is 4.98 Å². The van der Waals surface area contributed by atoms with Crippen LogP contribution in [0.5, 0.6) is 0 Å². The molecule has 0 fully saturated rings. The first-order chi connectivity index (χ1) is 12.9. The second kappa shape index (κ2) is 5.09. The summed E-state index contributed by atoms with van der Waals surface area (Å²) >= 11 is 0. The van der Waals surface area contributed by atoms with Crippen molar-refractivity contribution in [1.29, 1.82) is 0 Å². The molecule has 3 aromatic carbocycles. The number of hydrogen-bond donors (Lipinski definition) is 0. The van der Waals surface area contributed by atoms with Crippen LogP contribution in [0.3, 0.4) is 0 Å². The van der Waals surface area contributed by atoms with E-state index in [0.717, 1.165) is 0 Å². The first kappa shape index (κ1) is 13.9. The Morgan fingerprint density at radius 1 is 0.577 bits per heavy atom. The lowest BCUT2D eigenvalue weighted by molar-refractivity contribution is 1.28. The zero-order chi connectivity index (χ0) is 17.1. The zero-order valence-electron chi connectivity index (χ0n) is 14.1. The Hall–Kier alpha value is -3.33. The maximum atomic E-state index is 4.41. The van der Waals surface area contributed by atoms with Crippen molar-refractivity contribution in [2.24, 2.45) is 0 Å². The van der Waals surface area contributed by atoms with E-state index in [1.807, 2.05) is 12.4 Å². The molecule has 2 nitrogen and oxygen atoms in total. The van der Waals surface area contributed by atoms with Crippen molar-refractivity contribution in [3.63, 3.8) is 0 Å². The van der Waals surface area contributed by atoms with E-state index in [2.05, 4.69) is 88.7 Å². The summed E-state index contributed by atoms with van der Waals surface area (Å²) < 4.78 is 0. The molecule has 0 amide bonds. The minimum Gasteiger partial charge on any atom is -0.376 e. The number of rotatable bonds is 0. The van der Waals surface area contributed by atoms with Gasteiger partial charge in [0.25, 0.3) is 0 Å². The predicted molar refractivity (Wildman–Crippen MR) is 109 cm³/mol. The summed E-state index contributed by atoms with van der Waals surface area (Å²) in [5.74, 6) is 0. The smallest absolute Gasteiger partial charge is 0.329 e. The molecule has 0 bridgehead atoms. The molecule has 3 heterocycles. The fourth-order valence-electron chi connectivity index (χ4n) is 4.53. The monoisotopic (exact) mass is 330 g/mol. The van der Waals surface area contributed by atoms with Gasteiger partial charge in [0.1, 0.15) is 0 Å². The maximum absolute atomic E-state index is 4.41. The number of benzene rings is 3. The first-order valence-electron chi connectivity index (χ1n) is 8.94. The third-order valence-electron chi connectivity index (χ3n) is 5.57. The van der Waals surface area contributed by atoms with Gasteiger partial charge >= 0.3 is 6.85 Å². The van der Waals surface area contributed by atoms with Gasteiger partial charge in [0, 0.05) is 34.9 Å². The molecule has 0 saturated heterocycles. The van der Waals surface area contributed by atoms with E-state index in [1.165, 1.54) is 44.6 Å². The molecule has 0 spiro atoms. The number of pyridine rings is 1. The molecule has 2 aliphatic heterocycles. The lowest BCUT2D eigenvalue weighted by Crippen LogP contribution is -2.59. The summed E-state index contributed by atoms with van der Waals surface area (Å²) in [5, 5.41) is 0. The van der Waals surface area contributed by atoms with Gasteiger partial charge in [-0.3, -0.25) is 4.98 Å². The molecule has 0 unspecified atom stereocenters. The van der Waals surface area contributed by atoms with E-state index >= 15 is 0 Å². The van der Waals surface area contributed by atoms with E-state index < -0.39 is 0 Å². The van der Waals surface area contributed by atoms with Crippen LogP contribution in [0.2, 0.25) is 0 Å². The van der Waals surface area contributed by atoms with Crippen molar-refractivity contribution in [3.8, 4) is 22.3 Å². The van der Waals surface area contributed by atoms with Gasteiger partial charge in [-0.1, -0.05) is 66.7 Å². The highest BCUT2D eigenvalue weighted by molar-refractivity contribution is 6.92. The number of anilines is 2. The molecule has 0 N–H and O–H groups in total. The summed E-state index contributed by atoms with van der Waals surface area (Å²) in [4.78, 5) is 6.89. The Labute approximate surface area is 152 Å². The van der Waals surface area contributed by atoms with Crippen molar-refractivity contribution in [2.45, 2.75) is 0 Å². The molecular formula is C23H15BN2. The molecular weight excluding hydrogens is 315 g/mol. The summed E-state index contributed by atoms with van der Waals surface area (Å²) in [5.41, 5.74) is 10.3. The van der Waals surface area contributed by atoms with Crippen molar-refractivity contribution in [2.75, 3.05) is 4.81 Å². The molecule has 2 aliphatic rings. The van der Waals surface area contributed by atoms with Crippen LogP contribution in [0.15, 0.2) is 91.3 Å². The van der Waals surface area contributed by atoms with Crippen molar-refractivity contribution >= 4 is 29.1 Å². The van der Waals surface area contributed by atoms with Crippen LogP contribution in [0.25, 0.3) is 22.3 Å². The molecule has 3 heteroatoms. The first-order valence-corrected chi connectivity index (χ1v) is 8.94. The number of hydrogen-bond acceptors (Lipinski definition) is 2. The largest absolute Gasteiger partial charge is 0.376 e.